The van der Waals surface area contributed by atoms with Crippen molar-refractivity contribution in [2.75, 3.05) is 14.2 Å². The van der Waals surface area contributed by atoms with E-state index < -0.39 is 20.0 Å². The fourth-order valence-electron chi connectivity index (χ4n) is 3.38. The van der Waals surface area contributed by atoms with Crippen LogP contribution in [-0.2, 0) is 20.0 Å². The maximum absolute atomic E-state index is 13.2. The van der Waals surface area contributed by atoms with Crippen molar-refractivity contribution in [1.82, 2.24) is 13.7 Å². The van der Waals surface area contributed by atoms with Crippen molar-refractivity contribution in [2.45, 2.75) is 16.7 Å². The molecule has 0 atom stereocenters. The molecule has 1 N–H and O–H groups in total. The highest BCUT2D eigenvalue weighted by Crippen LogP contribution is 2.33. The molecule has 0 unspecified atom stereocenters. The van der Waals surface area contributed by atoms with Gasteiger partial charge in [0.05, 0.1) is 12.0 Å². The van der Waals surface area contributed by atoms with Crippen LogP contribution >= 0.6 is 22.6 Å². The number of nitrogens with zero attached hydrogens (tertiary/aromatic N) is 2. The first-order valence-electron chi connectivity index (χ1n) is 9.69. The molecule has 4 aromatic rings. The van der Waals surface area contributed by atoms with Gasteiger partial charge in [0.15, 0.2) is 5.65 Å². The van der Waals surface area contributed by atoms with Crippen LogP contribution in [0.25, 0.3) is 22.2 Å². The van der Waals surface area contributed by atoms with Gasteiger partial charge in [-0.25, -0.2) is 30.5 Å². The van der Waals surface area contributed by atoms with Gasteiger partial charge >= 0.3 is 0 Å². The Morgan fingerprint density at radius 1 is 1.00 bits per heavy atom. The first-order chi connectivity index (χ1) is 15.6. The molecule has 0 aliphatic heterocycles. The van der Waals surface area contributed by atoms with Crippen LogP contribution in [0.2, 0.25) is 0 Å². The molecule has 0 spiro atoms. The van der Waals surface area contributed by atoms with E-state index in [1.54, 1.807) is 42.5 Å². The third-order valence-corrected chi connectivity index (χ3v) is 9.16. The number of benzene rings is 2. The van der Waals surface area contributed by atoms with E-state index in [4.69, 9.17) is 4.74 Å². The zero-order valence-corrected chi connectivity index (χ0v) is 21.7. The number of nitrogens with one attached hydrogen (secondary N) is 1. The zero-order valence-electron chi connectivity index (χ0n) is 17.9. The monoisotopic (exact) mass is 597 g/mol. The van der Waals surface area contributed by atoms with E-state index in [1.807, 2.05) is 6.92 Å². The van der Waals surface area contributed by atoms with Crippen LogP contribution in [0.3, 0.4) is 0 Å². The third-order valence-electron chi connectivity index (χ3n) is 5.20. The van der Waals surface area contributed by atoms with Crippen molar-refractivity contribution < 1.29 is 21.6 Å². The average Bonchev–Trinajstić information content (AvgIpc) is 3.15. The minimum atomic E-state index is -3.83. The van der Waals surface area contributed by atoms with E-state index in [-0.39, 0.29) is 15.5 Å². The number of halogens is 1. The number of fused-ring (bicyclic) bond motifs is 1. The summed E-state index contributed by atoms with van der Waals surface area (Å²) >= 11 is 2.07. The lowest BCUT2D eigenvalue weighted by Crippen LogP contribution is -2.19. The molecule has 2 heterocycles. The van der Waals surface area contributed by atoms with Crippen LogP contribution in [0.5, 0.6) is 5.75 Å². The molecule has 0 aliphatic rings. The summed E-state index contributed by atoms with van der Waals surface area (Å²) in [7, 11) is -4.86. The summed E-state index contributed by atoms with van der Waals surface area (Å²) in [4.78, 5) is 4.59. The highest BCUT2D eigenvalue weighted by molar-refractivity contribution is 14.1. The second kappa shape index (κ2) is 8.70. The van der Waals surface area contributed by atoms with Gasteiger partial charge < -0.3 is 4.74 Å². The van der Waals surface area contributed by atoms with Gasteiger partial charge in [-0.15, -0.1) is 0 Å². The van der Waals surface area contributed by atoms with Crippen LogP contribution in [-0.4, -0.2) is 39.9 Å². The highest BCUT2D eigenvalue weighted by atomic mass is 127. The summed E-state index contributed by atoms with van der Waals surface area (Å²) in [5.74, 6) is 0.215. The summed E-state index contributed by atoms with van der Waals surface area (Å²) in [6.07, 6.45) is 3.05. The molecule has 2 aromatic carbocycles. The predicted molar refractivity (Wildman–Crippen MR) is 134 cm³/mol. The molecule has 0 fully saturated rings. The smallest absolute Gasteiger partial charge is 0.269 e. The van der Waals surface area contributed by atoms with Crippen LogP contribution in [0.15, 0.2) is 70.7 Å². The molecular formula is C22H20IN3O5S2. The molecule has 4 rings (SSSR count). The van der Waals surface area contributed by atoms with Gasteiger partial charge in [0.25, 0.3) is 10.0 Å². The van der Waals surface area contributed by atoms with Gasteiger partial charge in [-0.2, -0.15) is 0 Å². The number of sulfonamides is 1. The summed E-state index contributed by atoms with van der Waals surface area (Å²) < 4.78 is 60.6. The van der Waals surface area contributed by atoms with Gasteiger partial charge in [-0.05, 0) is 72.5 Å². The molecule has 8 nitrogen and oxygen atoms in total. The van der Waals surface area contributed by atoms with E-state index in [1.165, 1.54) is 36.6 Å². The quantitative estimate of drug-likeness (QED) is 0.340. The number of aromatic nitrogens is 2. The number of methoxy groups -OCH3 is 1. The first kappa shape index (κ1) is 23.7. The molecule has 11 heteroatoms. The van der Waals surface area contributed by atoms with Gasteiger partial charge in [0.2, 0.25) is 10.0 Å². The topological polar surface area (TPSA) is 107 Å². The third kappa shape index (κ3) is 4.25. The van der Waals surface area contributed by atoms with Crippen LogP contribution in [0.4, 0.5) is 0 Å². The van der Waals surface area contributed by atoms with E-state index in [9.17, 15) is 16.8 Å². The van der Waals surface area contributed by atoms with Crippen molar-refractivity contribution >= 4 is 53.7 Å². The molecule has 0 saturated carbocycles. The normalized spacial score (nSPS) is 12.2. The summed E-state index contributed by atoms with van der Waals surface area (Å²) in [6, 6.07) is 13.2. The lowest BCUT2D eigenvalue weighted by atomic mass is 10.1. The van der Waals surface area contributed by atoms with Crippen molar-refractivity contribution in [2.24, 2.45) is 0 Å². The van der Waals surface area contributed by atoms with Gasteiger partial charge in [-0.1, -0.05) is 23.8 Å². The Labute approximate surface area is 205 Å². The molecule has 172 valence electrons. The number of ether oxygens (including phenoxy) is 1. The standard InChI is InChI=1S/C22H20IN3O5S2/c1-14-4-7-17(8-5-14)33(29,30)26-13-19(23)18-10-16(12-25-22(18)26)15-6-9-20(31-3)21(11-15)32(27,28)24-2/h4-13,24H,1-3H3. The fourth-order valence-corrected chi connectivity index (χ4v) is 6.49. The number of hydrogen-bond donors (Lipinski definition) is 1. The molecule has 2 aromatic heterocycles. The molecule has 0 amide bonds. The second-order valence-corrected chi connectivity index (χ2v) is 12.1. The van der Waals surface area contributed by atoms with E-state index >= 15 is 0 Å². The molecular weight excluding hydrogens is 577 g/mol. The number of hydrogen-bond acceptors (Lipinski definition) is 6. The van der Waals surface area contributed by atoms with Crippen LogP contribution in [0.1, 0.15) is 5.56 Å². The Morgan fingerprint density at radius 3 is 2.33 bits per heavy atom. The molecule has 0 aliphatic carbocycles. The van der Waals surface area contributed by atoms with Crippen molar-refractivity contribution in [1.29, 1.82) is 0 Å². The van der Waals surface area contributed by atoms with Gasteiger partial charge in [0, 0.05) is 26.9 Å². The highest BCUT2D eigenvalue weighted by Gasteiger charge is 2.23. The molecule has 0 saturated heterocycles. The molecule has 0 radical (unpaired) electrons. The van der Waals surface area contributed by atoms with E-state index in [0.29, 0.717) is 25.7 Å². The maximum Gasteiger partial charge on any atom is 0.269 e. The van der Waals surface area contributed by atoms with Gasteiger partial charge in [-0.3, -0.25) is 0 Å². The Morgan fingerprint density at radius 2 is 1.70 bits per heavy atom. The lowest BCUT2D eigenvalue weighted by molar-refractivity contribution is 0.402. The number of aryl methyl sites for hydroxylation is 1. The molecule has 33 heavy (non-hydrogen) atoms. The maximum atomic E-state index is 13.2. The van der Waals surface area contributed by atoms with Crippen LogP contribution in [0, 0.1) is 10.5 Å². The summed E-state index contributed by atoms with van der Waals surface area (Å²) in [5, 5.41) is 0.637. The number of rotatable bonds is 6. The van der Waals surface area contributed by atoms with Gasteiger partial charge in [0.1, 0.15) is 10.6 Å². The van der Waals surface area contributed by atoms with Crippen molar-refractivity contribution in [3.8, 4) is 16.9 Å². The van der Waals surface area contributed by atoms with Crippen molar-refractivity contribution in [3.05, 3.63) is 70.1 Å². The van der Waals surface area contributed by atoms with E-state index in [0.717, 1.165) is 5.56 Å². The average molecular weight is 597 g/mol. The first-order valence-corrected chi connectivity index (χ1v) is 13.7. The lowest BCUT2D eigenvalue weighted by Gasteiger charge is -2.11. The largest absolute Gasteiger partial charge is 0.495 e. The Hall–Kier alpha value is -2.48. The van der Waals surface area contributed by atoms with Crippen molar-refractivity contribution in [3.63, 3.8) is 0 Å². The fraction of sp³-hybridized carbons (Fsp3) is 0.136. The predicted octanol–water partition coefficient (Wildman–Crippen LogP) is 3.77. The summed E-state index contributed by atoms with van der Waals surface area (Å²) in [5.41, 5.74) is 2.49. The SMILES string of the molecule is CNS(=O)(=O)c1cc(-c2cnc3c(c2)c(I)cn3S(=O)(=O)c2ccc(C)cc2)ccc1OC. The van der Waals surface area contributed by atoms with E-state index in [2.05, 4.69) is 32.3 Å². The Kier molecular flexibility index (Phi) is 6.24. The second-order valence-electron chi connectivity index (χ2n) is 7.26. The Balaban J connectivity index is 1.85. The minimum Gasteiger partial charge on any atom is -0.495 e. The van der Waals surface area contributed by atoms with Crippen LogP contribution < -0.4 is 9.46 Å². The molecule has 0 bridgehead atoms. The minimum absolute atomic E-state index is 0.000636. The number of pyridine rings is 1. The summed E-state index contributed by atoms with van der Waals surface area (Å²) in [6.45, 7) is 1.89. The Bertz CT molecular complexity index is 1580. The zero-order chi connectivity index (χ0) is 24.0.